The monoisotopic (exact) mass is 226 g/mol. The van der Waals surface area contributed by atoms with E-state index in [1.807, 2.05) is 0 Å². The van der Waals surface area contributed by atoms with E-state index >= 15 is 0 Å². The lowest BCUT2D eigenvalue weighted by molar-refractivity contribution is -0.0363. The number of nitrogens with one attached hydrogen (secondary N) is 1. The lowest BCUT2D eigenvalue weighted by Crippen LogP contribution is -2.61. The molecule has 2 heterocycles. The molecule has 0 radical (unpaired) electrons. The van der Waals surface area contributed by atoms with E-state index in [1.54, 1.807) is 0 Å². The van der Waals surface area contributed by atoms with Crippen LogP contribution in [0.15, 0.2) is 0 Å². The summed E-state index contributed by atoms with van der Waals surface area (Å²) in [5, 5.41) is 3.51. The van der Waals surface area contributed by atoms with Gasteiger partial charge < -0.3 is 10.1 Å². The van der Waals surface area contributed by atoms with Crippen molar-refractivity contribution < 1.29 is 4.74 Å². The van der Waals surface area contributed by atoms with Crippen molar-refractivity contribution in [3.63, 3.8) is 0 Å². The number of piperazine rings is 1. The van der Waals surface area contributed by atoms with Gasteiger partial charge in [0.05, 0.1) is 6.10 Å². The normalized spacial score (nSPS) is 37.5. The summed E-state index contributed by atoms with van der Waals surface area (Å²) in [6.07, 6.45) is 5.55. The highest BCUT2D eigenvalue weighted by Crippen LogP contribution is 2.23. The summed E-state index contributed by atoms with van der Waals surface area (Å²) in [7, 11) is 0. The Kier molecular flexibility index (Phi) is 4.22. The molecule has 0 spiro atoms. The number of ether oxygens (including phenoxy) is 1. The fourth-order valence-electron chi connectivity index (χ4n) is 2.81. The maximum Gasteiger partial charge on any atom is 0.0702 e. The highest BCUT2D eigenvalue weighted by Gasteiger charge is 2.34. The zero-order valence-corrected chi connectivity index (χ0v) is 10.8. The fourth-order valence-corrected chi connectivity index (χ4v) is 2.81. The van der Waals surface area contributed by atoms with Gasteiger partial charge in [0.2, 0.25) is 0 Å². The van der Waals surface area contributed by atoms with Crippen LogP contribution in [0.5, 0.6) is 0 Å². The second-order valence-electron chi connectivity index (χ2n) is 5.46. The van der Waals surface area contributed by atoms with Gasteiger partial charge in [-0.05, 0) is 32.6 Å². The van der Waals surface area contributed by atoms with Crippen molar-refractivity contribution in [3.8, 4) is 0 Å². The molecule has 2 aliphatic rings. The second kappa shape index (κ2) is 5.48. The van der Waals surface area contributed by atoms with Crippen LogP contribution in [0.1, 0.15) is 39.5 Å². The molecule has 2 aliphatic heterocycles. The largest absolute Gasteiger partial charge is 0.377 e. The number of nitrogens with zero attached hydrogens (tertiary/aromatic N) is 1. The van der Waals surface area contributed by atoms with Crippen LogP contribution in [-0.4, -0.2) is 49.3 Å². The van der Waals surface area contributed by atoms with Crippen molar-refractivity contribution in [3.05, 3.63) is 0 Å². The van der Waals surface area contributed by atoms with Crippen LogP contribution in [0.4, 0.5) is 0 Å². The third-order valence-corrected chi connectivity index (χ3v) is 4.29. The molecule has 2 rings (SSSR count). The van der Waals surface area contributed by atoms with Crippen molar-refractivity contribution in [2.45, 2.75) is 51.2 Å². The Morgan fingerprint density at radius 1 is 1.44 bits per heavy atom. The highest BCUT2D eigenvalue weighted by molar-refractivity contribution is 4.92. The summed E-state index contributed by atoms with van der Waals surface area (Å²) in [4.78, 5) is 2.64. The van der Waals surface area contributed by atoms with Gasteiger partial charge in [0, 0.05) is 38.3 Å². The number of rotatable bonds is 3. The molecular weight excluding hydrogens is 200 g/mol. The third kappa shape index (κ3) is 2.76. The van der Waals surface area contributed by atoms with E-state index in [1.165, 1.54) is 32.2 Å². The Balaban J connectivity index is 1.90. The first-order chi connectivity index (χ1) is 7.74. The Hall–Kier alpha value is -0.120. The van der Waals surface area contributed by atoms with Gasteiger partial charge in [-0.15, -0.1) is 0 Å². The molecule has 94 valence electrons. The first-order valence-corrected chi connectivity index (χ1v) is 6.82. The van der Waals surface area contributed by atoms with Crippen LogP contribution in [0, 0.1) is 0 Å². The molecular formula is C13H26N2O. The number of hydrogen-bond acceptors (Lipinski definition) is 3. The van der Waals surface area contributed by atoms with Crippen LogP contribution in [0.25, 0.3) is 0 Å². The molecule has 0 amide bonds. The fraction of sp³-hybridized carbons (Fsp3) is 1.00. The van der Waals surface area contributed by atoms with Crippen LogP contribution >= 0.6 is 0 Å². The summed E-state index contributed by atoms with van der Waals surface area (Å²) in [6, 6.07) is 0. The predicted molar refractivity (Wildman–Crippen MR) is 66.7 cm³/mol. The van der Waals surface area contributed by atoms with Gasteiger partial charge in [-0.2, -0.15) is 0 Å². The van der Waals surface area contributed by atoms with Gasteiger partial charge in [0.15, 0.2) is 0 Å². The van der Waals surface area contributed by atoms with Gasteiger partial charge in [-0.1, -0.05) is 6.92 Å². The van der Waals surface area contributed by atoms with E-state index in [4.69, 9.17) is 4.74 Å². The maximum absolute atomic E-state index is 5.86. The first-order valence-electron chi connectivity index (χ1n) is 6.82. The molecule has 0 aromatic rings. The van der Waals surface area contributed by atoms with E-state index < -0.39 is 0 Å². The Labute approximate surface area is 99.5 Å². The molecule has 3 nitrogen and oxygen atoms in total. The van der Waals surface area contributed by atoms with E-state index in [0.717, 1.165) is 26.2 Å². The smallest absolute Gasteiger partial charge is 0.0702 e. The van der Waals surface area contributed by atoms with E-state index in [0.29, 0.717) is 11.6 Å². The number of hydrogen-bond donors (Lipinski definition) is 1. The molecule has 3 heteroatoms. The molecule has 0 bridgehead atoms. The Morgan fingerprint density at radius 2 is 2.31 bits per heavy atom. The average molecular weight is 226 g/mol. The molecule has 1 N–H and O–H groups in total. The van der Waals surface area contributed by atoms with Crippen molar-refractivity contribution in [1.82, 2.24) is 10.2 Å². The van der Waals surface area contributed by atoms with E-state index in [9.17, 15) is 0 Å². The molecule has 0 aromatic heterocycles. The molecule has 0 saturated carbocycles. The molecule has 2 fully saturated rings. The zero-order valence-electron chi connectivity index (χ0n) is 10.8. The molecule has 0 aliphatic carbocycles. The van der Waals surface area contributed by atoms with E-state index in [-0.39, 0.29) is 0 Å². The summed E-state index contributed by atoms with van der Waals surface area (Å²) < 4.78 is 5.86. The van der Waals surface area contributed by atoms with Gasteiger partial charge in [0.25, 0.3) is 0 Å². The summed E-state index contributed by atoms with van der Waals surface area (Å²) in [5.74, 6) is 0. The summed E-state index contributed by atoms with van der Waals surface area (Å²) >= 11 is 0. The van der Waals surface area contributed by atoms with Crippen molar-refractivity contribution >= 4 is 0 Å². The molecule has 0 aromatic carbocycles. The molecule has 2 unspecified atom stereocenters. The predicted octanol–water partition coefficient (Wildman–Crippen LogP) is 1.63. The van der Waals surface area contributed by atoms with E-state index in [2.05, 4.69) is 24.1 Å². The van der Waals surface area contributed by atoms with Gasteiger partial charge >= 0.3 is 0 Å². The lowest BCUT2D eigenvalue weighted by atomic mass is 9.93. The lowest BCUT2D eigenvalue weighted by Gasteiger charge is -2.46. The van der Waals surface area contributed by atoms with Crippen molar-refractivity contribution in [2.75, 3.05) is 32.8 Å². The highest BCUT2D eigenvalue weighted by atomic mass is 16.5. The van der Waals surface area contributed by atoms with Gasteiger partial charge in [0.1, 0.15) is 0 Å². The minimum absolute atomic E-state index is 0.332. The SMILES string of the molecule is CCC1(C)CNCCN1CC1CCCCO1. The molecule has 2 saturated heterocycles. The molecule has 2 atom stereocenters. The Bertz CT molecular complexity index is 216. The zero-order chi connectivity index (χ0) is 11.4. The summed E-state index contributed by atoms with van der Waals surface area (Å²) in [6.45, 7) is 10.2. The van der Waals surface area contributed by atoms with Crippen molar-refractivity contribution in [2.24, 2.45) is 0 Å². The minimum Gasteiger partial charge on any atom is -0.377 e. The quantitative estimate of drug-likeness (QED) is 0.791. The van der Waals surface area contributed by atoms with Crippen LogP contribution < -0.4 is 5.32 Å². The average Bonchev–Trinajstić information content (AvgIpc) is 2.34. The van der Waals surface area contributed by atoms with Crippen LogP contribution in [0.2, 0.25) is 0 Å². The minimum atomic E-state index is 0.332. The van der Waals surface area contributed by atoms with Gasteiger partial charge in [-0.25, -0.2) is 0 Å². The maximum atomic E-state index is 5.86. The summed E-state index contributed by atoms with van der Waals surface area (Å²) in [5.41, 5.74) is 0.332. The second-order valence-corrected chi connectivity index (χ2v) is 5.46. The van der Waals surface area contributed by atoms with Gasteiger partial charge in [-0.3, -0.25) is 4.90 Å². The topological polar surface area (TPSA) is 24.5 Å². The van der Waals surface area contributed by atoms with Crippen LogP contribution in [0.3, 0.4) is 0 Å². The third-order valence-electron chi connectivity index (χ3n) is 4.29. The van der Waals surface area contributed by atoms with Crippen LogP contribution in [-0.2, 0) is 4.74 Å². The molecule has 16 heavy (non-hydrogen) atoms. The Morgan fingerprint density at radius 3 is 3.00 bits per heavy atom. The first kappa shape index (κ1) is 12.3. The standard InChI is InChI=1S/C13H26N2O/c1-3-13(2)11-14-7-8-15(13)10-12-6-4-5-9-16-12/h12,14H,3-11H2,1-2H3. The van der Waals surface area contributed by atoms with Crippen molar-refractivity contribution in [1.29, 1.82) is 0 Å².